The molecule has 0 radical (unpaired) electrons. The van der Waals surface area contributed by atoms with Crippen LogP contribution in [0.15, 0.2) is 18.2 Å². The van der Waals surface area contributed by atoms with Crippen LogP contribution in [-0.4, -0.2) is 19.1 Å². The number of halogens is 1. The Hall–Kier alpha value is -1.62. The van der Waals surface area contributed by atoms with Crippen molar-refractivity contribution in [2.75, 3.05) is 12.4 Å². The Balaban J connectivity index is 2.81. The SMILES string of the molecule is COc1cc(F)cc(NC(=O)C(C)C(C)N)c1. The van der Waals surface area contributed by atoms with Crippen LogP contribution in [0.2, 0.25) is 0 Å². The van der Waals surface area contributed by atoms with Crippen LogP contribution in [0.5, 0.6) is 5.75 Å². The van der Waals surface area contributed by atoms with Gasteiger partial charge in [-0.25, -0.2) is 4.39 Å². The average Bonchev–Trinajstić information content (AvgIpc) is 2.26. The minimum Gasteiger partial charge on any atom is -0.497 e. The molecule has 1 aromatic rings. The van der Waals surface area contributed by atoms with Gasteiger partial charge in [0, 0.05) is 23.9 Å². The molecule has 0 saturated heterocycles. The minimum absolute atomic E-state index is 0.243. The van der Waals surface area contributed by atoms with Crippen molar-refractivity contribution < 1.29 is 13.9 Å². The van der Waals surface area contributed by atoms with Crippen LogP contribution in [0.4, 0.5) is 10.1 Å². The third-order valence-corrected chi connectivity index (χ3v) is 2.58. The van der Waals surface area contributed by atoms with Crippen LogP contribution in [0.1, 0.15) is 13.8 Å². The summed E-state index contributed by atoms with van der Waals surface area (Å²) in [5.41, 5.74) is 5.98. The number of benzene rings is 1. The average molecular weight is 240 g/mol. The standard InChI is InChI=1S/C12H17FN2O2/c1-7(8(2)14)12(16)15-10-4-9(13)5-11(6-10)17-3/h4-8H,14H2,1-3H3,(H,15,16). The van der Waals surface area contributed by atoms with Gasteiger partial charge in [0.1, 0.15) is 11.6 Å². The minimum atomic E-state index is -0.465. The van der Waals surface area contributed by atoms with Crippen LogP contribution in [0.25, 0.3) is 0 Å². The van der Waals surface area contributed by atoms with Crippen molar-refractivity contribution in [2.45, 2.75) is 19.9 Å². The molecule has 0 bridgehead atoms. The van der Waals surface area contributed by atoms with E-state index in [9.17, 15) is 9.18 Å². The largest absolute Gasteiger partial charge is 0.497 e. The van der Waals surface area contributed by atoms with Gasteiger partial charge in [-0.05, 0) is 13.0 Å². The van der Waals surface area contributed by atoms with Gasteiger partial charge < -0.3 is 15.8 Å². The van der Waals surface area contributed by atoms with Crippen LogP contribution in [0.3, 0.4) is 0 Å². The zero-order chi connectivity index (χ0) is 13.0. The highest BCUT2D eigenvalue weighted by Crippen LogP contribution is 2.20. The molecular formula is C12H17FN2O2. The number of carbonyl (C=O) groups is 1. The Morgan fingerprint density at radius 1 is 1.41 bits per heavy atom. The lowest BCUT2D eigenvalue weighted by molar-refractivity contribution is -0.119. The number of amides is 1. The number of nitrogens with two attached hydrogens (primary N) is 1. The summed E-state index contributed by atoms with van der Waals surface area (Å²) in [4.78, 5) is 11.7. The molecule has 0 spiro atoms. The summed E-state index contributed by atoms with van der Waals surface area (Å²) >= 11 is 0. The van der Waals surface area contributed by atoms with Gasteiger partial charge in [-0.3, -0.25) is 4.79 Å². The first-order valence-corrected chi connectivity index (χ1v) is 5.35. The fourth-order valence-electron chi connectivity index (χ4n) is 1.25. The molecule has 0 heterocycles. The lowest BCUT2D eigenvalue weighted by Gasteiger charge is -2.15. The normalized spacial score (nSPS) is 13.9. The van der Waals surface area contributed by atoms with Crippen molar-refractivity contribution in [2.24, 2.45) is 11.7 Å². The van der Waals surface area contributed by atoms with Crippen molar-refractivity contribution in [1.82, 2.24) is 0 Å². The Kier molecular flexibility index (Phi) is 4.45. The van der Waals surface area contributed by atoms with Gasteiger partial charge in [0.05, 0.1) is 13.0 Å². The predicted octanol–water partition coefficient (Wildman–Crippen LogP) is 1.76. The predicted molar refractivity (Wildman–Crippen MR) is 64.4 cm³/mol. The van der Waals surface area contributed by atoms with E-state index in [0.717, 1.165) is 0 Å². The summed E-state index contributed by atoms with van der Waals surface area (Å²) in [6, 6.07) is 3.76. The van der Waals surface area contributed by atoms with E-state index in [4.69, 9.17) is 10.5 Å². The fourth-order valence-corrected chi connectivity index (χ4v) is 1.25. The van der Waals surface area contributed by atoms with Gasteiger partial charge in [0.2, 0.25) is 5.91 Å². The number of hydrogen-bond acceptors (Lipinski definition) is 3. The highest BCUT2D eigenvalue weighted by atomic mass is 19.1. The van der Waals surface area contributed by atoms with Crippen molar-refractivity contribution in [3.8, 4) is 5.75 Å². The lowest BCUT2D eigenvalue weighted by atomic mass is 10.0. The molecule has 3 N–H and O–H groups in total. The van der Waals surface area contributed by atoms with Crippen LogP contribution < -0.4 is 15.8 Å². The number of ether oxygens (including phenoxy) is 1. The molecular weight excluding hydrogens is 223 g/mol. The number of hydrogen-bond donors (Lipinski definition) is 2. The maximum atomic E-state index is 13.2. The molecule has 1 amide bonds. The highest BCUT2D eigenvalue weighted by Gasteiger charge is 2.17. The van der Waals surface area contributed by atoms with Crippen LogP contribution >= 0.6 is 0 Å². The molecule has 2 atom stereocenters. The molecule has 2 unspecified atom stereocenters. The van der Waals surface area contributed by atoms with E-state index in [0.29, 0.717) is 11.4 Å². The van der Waals surface area contributed by atoms with Crippen molar-refractivity contribution in [3.05, 3.63) is 24.0 Å². The van der Waals surface area contributed by atoms with E-state index in [1.54, 1.807) is 19.9 Å². The van der Waals surface area contributed by atoms with Gasteiger partial charge in [-0.15, -0.1) is 0 Å². The maximum absolute atomic E-state index is 13.2. The third kappa shape index (κ3) is 3.71. The molecule has 0 saturated carbocycles. The Morgan fingerprint density at radius 3 is 2.59 bits per heavy atom. The molecule has 1 rings (SSSR count). The maximum Gasteiger partial charge on any atom is 0.228 e. The Morgan fingerprint density at radius 2 is 2.06 bits per heavy atom. The number of anilines is 1. The zero-order valence-electron chi connectivity index (χ0n) is 10.2. The summed E-state index contributed by atoms with van der Waals surface area (Å²) < 4.78 is 18.1. The molecule has 4 nitrogen and oxygen atoms in total. The molecule has 0 aromatic heterocycles. The molecule has 94 valence electrons. The van der Waals surface area contributed by atoms with Gasteiger partial charge in [-0.1, -0.05) is 6.92 Å². The molecule has 0 aliphatic rings. The fraction of sp³-hybridized carbons (Fsp3) is 0.417. The van der Waals surface area contributed by atoms with E-state index in [1.807, 2.05) is 0 Å². The van der Waals surface area contributed by atoms with Crippen molar-refractivity contribution >= 4 is 11.6 Å². The molecule has 17 heavy (non-hydrogen) atoms. The number of carbonyl (C=O) groups excluding carboxylic acids is 1. The number of rotatable bonds is 4. The highest BCUT2D eigenvalue weighted by molar-refractivity contribution is 5.92. The smallest absolute Gasteiger partial charge is 0.228 e. The van der Waals surface area contributed by atoms with Gasteiger partial charge >= 0.3 is 0 Å². The Bertz CT molecular complexity index is 407. The van der Waals surface area contributed by atoms with E-state index in [2.05, 4.69) is 5.32 Å². The molecule has 0 fully saturated rings. The third-order valence-electron chi connectivity index (χ3n) is 2.58. The second kappa shape index (κ2) is 5.63. The van der Waals surface area contributed by atoms with E-state index in [-0.39, 0.29) is 17.9 Å². The summed E-state index contributed by atoms with van der Waals surface area (Å²) in [6.45, 7) is 3.47. The van der Waals surface area contributed by atoms with Gasteiger partial charge in [0.15, 0.2) is 0 Å². The van der Waals surface area contributed by atoms with Crippen LogP contribution in [0, 0.1) is 11.7 Å². The molecule has 0 aliphatic carbocycles. The number of nitrogens with one attached hydrogen (secondary N) is 1. The molecule has 0 aliphatic heterocycles. The topological polar surface area (TPSA) is 64.3 Å². The quantitative estimate of drug-likeness (QED) is 0.842. The Labute approximate surface area is 100.0 Å². The molecule has 1 aromatic carbocycles. The molecule has 5 heteroatoms. The first-order valence-electron chi connectivity index (χ1n) is 5.35. The lowest BCUT2D eigenvalue weighted by Crippen LogP contribution is -2.34. The van der Waals surface area contributed by atoms with E-state index >= 15 is 0 Å². The van der Waals surface area contributed by atoms with Gasteiger partial charge in [0.25, 0.3) is 0 Å². The van der Waals surface area contributed by atoms with E-state index < -0.39 is 5.82 Å². The second-order valence-corrected chi connectivity index (χ2v) is 4.02. The first-order chi connectivity index (χ1) is 7.93. The summed E-state index contributed by atoms with van der Waals surface area (Å²) in [5.74, 6) is -0.696. The van der Waals surface area contributed by atoms with E-state index in [1.165, 1.54) is 19.2 Å². The van der Waals surface area contributed by atoms with Crippen LogP contribution in [-0.2, 0) is 4.79 Å². The monoisotopic (exact) mass is 240 g/mol. The summed E-state index contributed by atoms with van der Waals surface area (Å²) in [7, 11) is 1.44. The van der Waals surface area contributed by atoms with Crippen molar-refractivity contribution in [1.29, 1.82) is 0 Å². The second-order valence-electron chi connectivity index (χ2n) is 4.02. The summed E-state index contributed by atoms with van der Waals surface area (Å²) in [5, 5.41) is 2.60. The van der Waals surface area contributed by atoms with Gasteiger partial charge in [-0.2, -0.15) is 0 Å². The zero-order valence-corrected chi connectivity index (χ0v) is 10.2. The number of methoxy groups -OCH3 is 1. The van der Waals surface area contributed by atoms with Crippen molar-refractivity contribution in [3.63, 3.8) is 0 Å². The first kappa shape index (κ1) is 13.4. The summed E-state index contributed by atoms with van der Waals surface area (Å²) in [6.07, 6.45) is 0.